The second-order valence-electron chi connectivity index (χ2n) is 13.8. The molecule has 0 aliphatic heterocycles. The summed E-state index contributed by atoms with van der Waals surface area (Å²) in [6.07, 6.45) is 45.9. The minimum atomic E-state index is -1.11. The van der Waals surface area contributed by atoms with Crippen molar-refractivity contribution < 1.29 is 20.1 Å². The number of aliphatic hydroxyl groups is 3. The van der Waals surface area contributed by atoms with E-state index in [1.807, 2.05) is 6.08 Å². The van der Waals surface area contributed by atoms with E-state index in [1.54, 1.807) is 6.08 Å². The summed E-state index contributed by atoms with van der Waals surface area (Å²) in [5.41, 5.74) is 0. The number of amides is 1. The molecule has 1 amide bonds. The molecular formula is C42H79NO4. The summed E-state index contributed by atoms with van der Waals surface area (Å²) in [6, 6.07) is -0.815. The summed E-state index contributed by atoms with van der Waals surface area (Å²) in [5, 5.41) is 33.0. The van der Waals surface area contributed by atoms with Crippen molar-refractivity contribution in [3.8, 4) is 0 Å². The Balaban J connectivity index is 3.77. The lowest BCUT2D eigenvalue weighted by molar-refractivity contribution is -0.131. The normalized spacial score (nSPS) is 14.1. The largest absolute Gasteiger partial charge is 0.394 e. The molecule has 0 bridgehead atoms. The van der Waals surface area contributed by atoms with Crippen molar-refractivity contribution in [2.24, 2.45) is 0 Å². The molecule has 0 saturated carbocycles. The molecule has 0 aliphatic carbocycles. The molecule has 0 aromatic rings. The number of rotatable bonds is 36. The van der Waals surface area contributed by atoms with Crippen molar-refractivity contribution in [3.63, 3.8) is 0 Å². The van der Waals surface area contributed by atoms with E-state index >= 15 is 0 Å². The van der Waals surface area contributed by atoms with Gasteiger partial charge in [0.25, 0.3) is 0 Å². The first-order chi connectivity index (χ1) is 23.1. The summed E-state index contributed by atoms with van der Waals surface area (Å²) in [6.45, 7) is 4.15. The highest BCUT2D eigenvalue weighted by Gasteiger charge is 2.22. The first-order valence-electron chi connectivity index (χ1n) is 20.3. The number of carbonyl (C=O) groups excluding carboxylic acids is 1. The lowest BCUT2D eigenvalue weighted by Gasteiger charge is -2.21. The number of carbonyl (C=O) groups is 1. The molecule has 3 unspecified atom stereocenters. The second-order valence-corrected chi connectivity index (χ2v) is 13.8. The van der Waals surface area contributed by atoms with Crippen molar-refractivity contribution in [1.29, 1.82) is 0 Å². The predicted molar refractivity (Wildman–Crippen MR) is 204 cm³/mol. The summed E-state index contributed by atoms with van der Waals surface area (Å²) in [7, 11) is 0. The third-order valence-corrected chi connectivity index (χ3v) is 9.20. The maximum atomic E-state index is 12.4. The number of allylic oxidation sites excluding steroid dienone is 5. The zero-order valence-corrected chi connectivity index (χ0v) is 31.2. The molecule has 0 rings (SSSR count). The Morgan fingerprint density at radius 1 is 0.511 bits per heavy atom. The predicted octanol–water partition coefficient (Wildman–Crippen LogP) is 11.2. The molecule has 0 aliphatic rings. The molecule has 5 nitrogen and oxygen atoms in total. The maximum Gasteiger partial charge on any atom is 0.249 e. The van der Waals surface area contributed by atoms with Crippen LogP contribution in [-0.2, 0) is 4.79 Å². The Hall–Kier alpha value is -1.43. The van der Waals surface area contributed by atoms with Gasteiger partial charge >= 0.3 is 0 Å². The third-order valence-electron chi connectivity index (χ3n) is 9.20. The second kappa shape index (κ2) is 37.4. The van der Waals surface area contributed by atoms with Gasteiger partial charge in [-0.15, -0.1) is 0 Å². The molecule has 4 N–H and O–H groups in total. The van der Waals surface area contributed by atoms with E-state index in [2.05, 4.69) is 43.5 Å². The smallest absolute Gasteiger partial charge is 0.249 e. The summed E-state index contributed by atoms with van der Waals surface area (Å²) in [5.74, 6) is -0.519. The van der Waals surface area contributed by atoms with E-state index in [0.717, 1.165) is 38.5 Å². The molecule has 0 aromatic heterocycles. The summed E-state index contributed by atoms with van der Waals surface area (Å²) < 4.78 is 0. The number of aliphatic hydroxyl groups excluding tert-OH is 3. The molecule has 0 radical (unpaired) electrons. The highest BCUT2D eigenvalue weighted by Crippen LogP contribution is 2.14. The van der Waals surface area contributed by atoms with Gasteiger partial charge in [0.1, 0.15) is 6.10 Å². The van der Waals surface area contributed by atoms with Gasteiger partial charge in [0.15, 0.2) is 0 Å². The Bertz CT molecular complexity index is 734. The molecule has 47 heavy (non-hydrogen) atoms. The van der Waals surface area contributed by atoms with Crippen LogP contribution in [0.4, 0.5) is 0 Å². The van der Waals surface area contributed by atoms with Gasteiger partial charge in [0.05, 0.1) is 18.8 Å². The first kappa shape index (κ1) is 45.6. The van der Waals surface area contributed by atoms with E-state index < -0.39 is 24.2 Å². The van der Waals surface area contributed by atoms with Gasteiger partial charge < -0.3 is 20.6 Å². The standard InChI is InChI=1S/C42H79NO4/c1-3-5-7-9-11-13-15-17-19-21-23-24-26-28-30-32-34-36-40(45)39(38-44)43-42(47)41(46)37-35-33-31-29-27-25-22-20-18-16-14-12-10-8-6-4-2/h18,20,26,28,34,36,39-41,44-46H,3-17,19,21-25,27,29-33,35,37-38H2,1-2H3,(H,43,47)/b20-18-,28-26+,36-34+. The van der Waals surface area contributed by atoms with Crippen LogP contribution >= 0.6 is 0 Å². The van der Waals surface area contributed by atoms with Gasteiger partial charge in [0.2, 0.25) is 5.91 Å². The van der Waals surface area contributed by atoms with Crippen molar-refractivity contribution in [2.45, 2.75) is 218 Å². The van der Waals surface area contributed by atoms with Crippen LogP contribution in [0.5, 0.6) is 0 Å². The molecule has 0 spiro atoms. The van der Waals surface area contributed by atoms with Crippen molar-refractivity contribution in [3.05, 3.63) is 36.5 Å². The van der Waals surface area contributed by atoms with E-state index in [1.165, 1.54) is 141 Å². The minimum absolute atomic E-state index is 0.378. The zero-order valence-electron chi connectivity index (χ0n) is 31.2. The van der Waals surface area contributed by atoms with Crippen molar-refractivity contribution in [2.75, 3.05) is 6.61 Å². The quantitative estimate of drug-likeness (QED) is 0.0397. The molecule has 0 saturated heterocycles. The number of hydrogen-bond donors (Lipinski definition) is 4. The average Bonchev–Trinajstić information content (AvgIpc) is 3.07. The molecule has 0 aromatic carbocycles. The van der Waals surface area contributed by atoms with Gasteiger partial charge in [-0.25, -0.2) is 0 Å². The van der Waals surface area contributed by atoms with Gasteiger partial charge in [-0.05, 0) is 57.8 Å². The number of nitrogens with one attached hydrogen (secondary N) is 1. The van der Waals surface area contributed by atoms with Gasteiger partial charge in [0, 0.05) is 0 Å². The molecular weight excluding hydrogens is 582 g/mol. The van der Waals surface area contributed by atoms with Crippen LogP contribution in [0.2, 0.25) is 0 Å². The topological polar surface area (TPSA) is 89.8 Å². The monoisotopic (exact) mass is 662 g/mol. The zero-order chi connectivity index (χ0) is 34.5. The van der Waals surface area contributed by atoms with Crippen LogP contribution in [0.25, 0.3) is 0 Å². The van der Waals surface area contributed by atoms with Crippen LogP contribution in [0, 0.1) is 0 Å². The van der Waals surface area contributed by atoms with E-state index in [0.29, 0.717) is 6.42 Å². The SMILES string of the molecule is CCCCCCCC/C=C\CCCCCCCCC(O)C(=O)NC(CO)C(O)/C=C/CC/C=C/CCCCCCCCCCCCC. The Morgan fingerprint density at radius 2 is 0.872 bits per heavy atom. The van der Waals surface area contributed by atoms with Gasteiger partial charge in [-0.3, -0.25) is 4.79 Å². The summed E-state index contributed by atoms with van der Waals surface area (Å²) in [4.78, 5) is 12.4. The van der Waals surface area contributed by atoms with E-state index in [9.17, 15) is 20.1 Å². The van der Waals surface area contributed by atoms with Gasteiger partial charge in [-0.1, -0.05) is 179 Å². The van der Waals surface area contributed by atoms with Crippen LogP contribution in [0.1, 0.15) is 200 Å². The van der Waals surface area contributed by atoms with E-state index in [-0.39, 0.29) is 6.61 Å². The van der Waals surface area contributed by atoms with E-state index in [4.69, 9.17) is 0 Å². The molecule has 5 heteroatoms. The lowest BCUT2D eigenvalue weighted by Crippen LogP contribution is -2.48. The van der Waals surface area contributed by atoms with Crippen LogP contribution in [-0.4, -0.2) is 46.1 Å². The van der Waals surface area contributed by atoms with Crippen LogP contribution < -0.4 is 5.32 Å². The summed E-state index contributed by atoms with van der Waals surface area (Å²) >= 11 is 0. The fourth-order valence-corrected chi connectivity index (χ4v) is 5.96. The highest BCUT2D eigenvalue weighted by molar-refractivity contribution is 5.80. The fraction of sp³-hybridized carbons (Fsp3) is 0.833. The lowest BCUT2D eigenvalue weighted by atomic mass is 10.0. The minimum Gasteiger partial charge on any atom is -0.394 e. The molecule has 0 fully saturated rings. The third kappa shape index (κ3) is 32.9. The average molecular weight is 662 g/mol. The first-order valence-corrected chi connectivity index (χ1v) is 20.3. The Labute approximate surface area is 292 Å². The highest BCUT2D eigenvalue weighted by atomic mass is 16.3. The number of hydrogen-bond acceptors (Lipinski definition) is 4. The van der Waals surface area contributed by atoms with Crippen molar-refractivity contribution in [1.82, 2.24) is 5.32 Å². The molecule has 3 atom stereocenters. The maximum absolute atomic E-state index is 12.4. The van der Waals surface area contributed by atoms with Crippen LogP contribution in [0.3, 0.4) is 0 Å². The fourth-order valence-electron chi connectivity index (χ4n) is 5.96. The molecule has 276 valence electrons. The van der Waals surface area contributed by atoms with Crippen LogP contribution in [0.15, 0.2) is 36.5 Å². The number of unbranched alkanes of at least 4 members (excludes halogenated alkanes) is 24. The molecule has 0 heterocycles. The van der Waals surface area contributed by atoms with Gasteiger partial charge in [-0.2, -0.15) is 0 Å². The Kier molecular flexibility index (Phi) is 36.3. The van der Waals surface area contributed by atoms with Crippen molar-refractivity contribution >= 4 is 5.91 Å². The Morgan fingerprint density at radius 3 is 1.30 bits per heavy atom.